The predicted molar refractivity (Wildman–Crippen MR) is 116 cm³/mol. The maximum atomic E-state index is 6.79. The number of fused-ring (bicyclic) bond motifs is 1. The minimum Gasteiger partial charge on any atom is -0.379 e. The molecule has 1 N–H and O–H groups in total. The number of thiophene rings is 2. The monoisotopic (exact) mass is 424 g/mol. The number of halogens is 2. The number of hydrogen-bond acceptors (Lipinski definition) is 4. The average Bonchev–Trinajstić information content (AvgIpc) is 3.22. The lowest BCUT2D eigenvalue weighted by Gasteiger charge is -2.18. The van der Waals surface area contributed by atoms with Gasteiger partial charge in [-0.15, -0.1) is 22.7 Å². The summed E-state index contributed by atoms with van der Waals surface area (Å²) in [6.07, 6.45) is 9.13. The van der Waals surface area contributed by atoms with Gasteiger partial charge in [0.15, 0.2) is 0 Å². The quantitative estimate of drug-likeness (QED) is 0.427. The van der Waals surface area contributed by atoms with Crippen molar-refractivity contribution < 1.29 is 0 Å². The molecule has 1 aliphatic rings. The summed E-state index contributed by atoms with van der Waals surface area (Å²) in [7, 11) is 0. The van der Waals surface area contributed by atoms with Crippen molar-refractivity contribution in [1.29, 1.82) is 0 Å². The van der Waals surface area contributed by atoms with Gasteiger partial charge in [0.1, 0.15) is 10.7 Å². The Morgan fingerprint density at radius 1 is 1.12 bits per heavy atom. The van der Waals surface area contributed by atoms with Crippen LogP contribution in [0.15, 0.2) is 23.6 Å². The molecular weight excluding hydrogens is 403 g/mol. The molecule has 0 unspecified atom stereocenters. The van der Waals surface area contributed by atoms with Crippen LogP contribution in [-0.4, -0.2) is 4.98 Å². The van der Waals surface area contributed by atoms with Crippen LogP contribution in [0.2, 0.25) is 10.2 Å². The van der Waals surface area contributed by atoms with E-state index in [1.807, 2.05) is 6.07 Å². The fraction of sp³-hybridized carbons (Fsp3) is 0.450. The SMILES string of the molecule is Clc1cc(NCc2cccs2)c2sc(C3CCCCCCC3)c(Cl)c2n1. The third-order valence-electron chi connectivity index (χ3n) is 5.09. The summed E-state index contributed by atoms with van der Waals surface area (Å²) < 4.78 is 1.13. The summed E-state index contributed by atoms with van der Waals surface area (Å²) >= 11 is 16.6. The Morgan fingerprint density at radius 2 is 1.88 bits per heavy atom. The van der Waals surface area contributed by atoms with Crippen molar-refractivity contribution in [2.75, 3.05) is 5.32 Å². The number of hydrogen-bond donors (Lipinski definition) is 1. The number of anilines is 1. The van der Waals surface area contributed by atoms with E-state index in [2.05, 4.69) is 27.8 Å². The smallest absolute Gasteiger partial charge is 0.131 e. The second-order valence-electron chi connectivity index (χ2n) is 6.93. The van der Waals surface area contributed by atoms with Crippen LogP contribution in [0.4, 0.5) is 5.69 Å². The maximum Gasteiger partial charge on any atom is 0.131 e. The lowest BCUT2D eigenvalue weighted by atomic mass is 9.90. The molecule has 6 heteroatoms. The first-order valence-corrected chi connectivity index (χ1v) is 11.7. The Balaban J connectivity index is 1.67. The number of rotatable bonds is 4. The van der Waals surface area contributed by atoms with E-state index in [1.54, 1.807) is 22.7 Å². The summed E-state index contributed by atoms with van der Waals surface area (Å²) in [6.45, 7) is 0.793. The van der Waals surface area contributed by atoms with Gasteiger partial charge in [-0.2, -0.15) is 0 Å². The zero-order chi connectivity index (χ0) is 17.9. The van der Waals surface area contributed by atoms with Gasteiger partial charge in [0.2, 0.25) is 0 Å². The Labute approximate surface area is 172 Å². The van der Waals surface area contributed by atoms with Gasteiger partial charge in [-0.1, -0.05) is 61.4 Å². The van der Waals surface area contributed by atoms with Crippen molar-refractivity contribution in [3.8, 4) is 0 Å². The van der Waals surface area contributed by atoms with Crippen LogP contribution in [0.25, 0.3) is 10.2 Å². The van der Waals surface area contributed by atoms with Crippen LogP contribution in [0, 0.1) is 0 Å². The standard InChI is InChI=1S/C20H22Cl2N2S2/c21-16-11-15(23-12-14-9-6-10-25-14)20-18(24-16)17(22)19(26-20)13-7-4-2-1-3-5-8-13/h6,9-11,13H,1-5,7-8,12H2,(H,23,24). The molecule has 0 spiro atoms. The molecule has 2 nitrogen and oxygen atoms in total. The first-order chi connectivity index (χ1) is 12.7. The molecule has 4 rings (SSSR count). The van der Waals surface area contributed by atoms with Gasteiger partial charge >= 0.3 is 0 Å². The molecule has 138 valence electrons. The summed E-state index contributed by atoms with van der Waals surface area (Å²) in [5.74, 6) is 0.561. The van der Waals surface area contributed by atoms with Crippen molar-refractivity contribution in [3.05, 3.63) is 43.5 Å². The van der Waals surface area contributed by atoms with Crippen molar-refractivity contribution in [1.82, 2.24) is 4.98 Å². The highest BCUT2D eigenvalue weighted by Crippen LogP contribution is 2.46. The van der Waals surface area contributed by atoms with Gasteiger partial charge in [-0.25, -0.2) is 4.98 Å². The molecule has 0 radical (unpaired) electrons. The van der Waals surface area contributed by atoms with Gasteiger partial charge in [0, 0.05) is 22.4 Å². The molecule has 1 aliphatic carbocycles. The molecule has 26 heavy (non-hydrogen) atoms. The second kappa shape index (κ2) is 8.47. The second-order valence-corrected chi connectivity index (χ2v) is 9.78. The fourth-order valence-electron chi connectivity index (χ4n) is 3.73. The lowest BCUT2D eigenvalue weighted by Crippen LogP contribution is -2.00. The van der Waals surface area contributed by atoms with Crippen LogP contribution in [0.5, 0.6) is 0 Å². The fourth-order valence-corrected chi connectivity index (χ4v) is 6.33. The summed E-state index contributed by atoms with van der Waals surface area (Å²) in [6, 6.07) is 6.14. The highest BCUT2D eigenvalue weighted by atomic mass is 35.5. The summed E-state index contributed by atoms with van der Waals surface area (Å²) in [5.41, 5.74) is 1.90. The Hall–Kier alpha value is -0.810. The van der Waals surface area contributed by atoms with Crippen molar-refractivity contribution in [2.45, 2.75) is 57.4 Å². The molecule has 0 atom stereocenters. The molecule has 1 fully saturated rings. The third kappa shape index (κ3) is 4.04. The topological polar surface area (TPSA) is 24.9 Å². The van der Waals surface area contributed by atoms with E-state index in [0.717, 1.165) is 27.5 Å². The van der Waals surface area contributed by atoms with Crippen molar-refractivity contribution in [2.24, 2.45) is 0 Å². The van der Waals surface area contributed by atoms with Crippen molar-refractivity contribution in [3.63, 3.8) is 0 Å². The molecule has 3 heterocycles. The number of nitrogens with one attached hydrogen (secondary N) is 1. The molecule has 0 aromatic carbocycles. The number of aromatic nitrogens is 1. The molecule has 0 amide bonds. The first kappa shape index (κ1) is 18.5. The molecule has 3 aromatic rings. The third-order valence-corrected chi connectivity index (χ3v) is 8.03. The normalized spacial score (nSPS) is 16.5. The van der Waals surface area contributed by atoms with Gasteiger partial charge < -0.3 is 5.32 Å². The van der Waals surface area contributed by atoms with Gasteiger partial charge in [0.25, 0.3) is 0 Å². The maximum absolute atomic E-state index is 6.79. The van der Waals surface area contributed by atoms with Crippen LogP contribution in [0.3, 0.4) is 0 Å². The predicted octanol–water partition coefficient (Wildman–Crippen LogP) is 8.10. The van der Waals surface area contributed by atoms with Crippen LogP contribution >= 0.6 is 45.9 Å². The Bertz CT molecular complexity index is 866. The number of pyridine rings is 1. The van der Waals surface area contributed by atoms with Crippen LogP contribution in [-0.2, 0) is 6.54 Å². The highest BCUT2D eigenvalue weighted by Gasteiger charge is 2.23. The van der Waals surface area contributed by atoms with E-state index < -0.39 is 0 Å². The Morgan fingerprint density at radius 3 is 2.62 bits per heavy atom. The van der Waals surface area contributed by atoms with Crippen molar-refractivity contribution >= 4 is 61.8 Å². The average molecular weight is 425 g/mol. The van der Waals surface area contributed by atoms with E-state index in [4.69, 9.17) is 23.2 Å². The minimum absolute atomic E-state index is 0.495. The van der Waals surface area contributed by atoms with Gasteiger partial charge in [0.05, 0.1) is 15.4 Å². The van der Waals surface area contributed by atoms with E-state index in [1.165, 1.54) is 54.7 Å². The minimum atomic E-state index is 0.495. The molecule has 0 aliphatic heterocycles. The zero-order valence-corrected chi connectivity index (χ0v) is 17.7. The zero-order valence-electron chi connectivity index (χ0n) is 14.6. The molecule has 1 saturated carbocycles. The van der Waals surface area contributed by atoms with Gasteiger partial charge in [-0.05, 0) is 30.2 Å². The van der Waals surface area contributed by atoms with E-state index in [0.29, 0.717) is 11.1 Å². The molecular formula is C20H22Cl2N2S2. The lowest BCUT2D eigenvalue weighted by molar-refractivity contribution is 0.460. The Kier molecular flexibility index (Phi) is 6.04. The van der Waals surface area contributed by atoms with Gasteiger partial charge in [-0.3, -0.25) is 0 Å². The highest BCUT2D eigenvalue weighted by molar-refractivity contribution is 7.20. The molecule has 0 saturated heterocycles. The molecule has 3 aromatic heterocycles. The largest absolute Gasteiger partial charge is 0.379 e. The summed E-state index contributed by atoms with van der Waals surface area (Å²) in [5, 5.41) is 6.94. The van der Waals surface area contributed by atoms with E-state index >= 15 is 0 Å². The summed E-state index contributed by atoms with van der Waals surface area (Å²) in [4.78, 5) is 7.15. The number of nitrogens with zero attached hydrogens (tertiary/aromatic N) is 1. The first-order valence-electron chi connectivity index (χ1n) is 9.27. The van der Waals surface area contributed by atoms with E-state index in [9.17, 15) is 0 Å². The molecule has 0 bridgehead atoms. The van der Waals surface area contributed by atoms with Crippen LogP contribution < -0.4 is 5.32 Å². The van der Waals surface area contributed by atoms with Crippen LogP contribution in [0.1, 0.15) is 60.6 Å². The van der Waals surface area contributed by atoms with E-state index in [-0.39, 0.29) is 0 Å².